The molecular formula is C17H17N3O. The Morgan fingerprint density at radius 3 is 2.38 bits per heavy atom. The van der Waals surface area contributed by atoms with Crippen LogP contribution in [-0.2, 0) is 4.74 Å². The number of fused-ring (bicyclic) bond motifs is 1. The van der Waals surface area contributed by atoms with Crippen LogP contribution in [0.5, 0.6) is 0 Å². The number of para-hydroxylation sites is 2. The van der Waals surface area contributed by atoms with Gasteiger partial charge in [0.1, 0.15) is 6.33 Å². The lowest BCUT2D eigenvalue weighted by molar-refractivity contribution is 0.122. The third kappa shape index (κ3) is 2.28. The van der Waals surface area contributed by atoms with Gasteiger partial charge in [-0.25, -0.2) is 4.98 Å². The molecule has 1 saturated heterocycles. The van der Waals surface area contributed by atoms with Gasteiger partial charge in [-0.05, 0) is 36.4 Å². The van der Waals surface area contributed by atoms with Crippen molar-refractivity contribution in [3.05, 3.63) is 54.9 Å². The highest BCUT2D eigenvalue weighted by Gasteiger charge is 2.11. The lowest BCUT2D eigenvalue weighted by Gasteiger charge is -2.28. The maximum atomic E-state index is 5.40. The molecule has 0 unspecified atom stereocenters. The quantitative estimate of drug-likeness (QED) is 0.722. The molecule has 0 aliphatic carbocycles. The van der Waals surface area contributed by atoms with E-state index >= 15 is 0 Å². The van der Waals surface area contributed by atoms with Crippen LogP contribution in [0.25, 0.3) is 16.7 Å². The van der Waals surface area contributed by atoms with Crippen LogP contribution in [0.2, 0.25) is 0 Å². The van der Waals surface area contributed by atoms with Crippen molar-refractivity contribution >= 4 is 16.7 Å². The molecule has 4 nitrogen and oxygen atoms in total. The van der Waals surface area contributed by atoms with Crippen molar-refractivity contribution in [2.24, 2.45) is 0 Å². The van der Waals surface area contributed by atoms with Crippen molar-refractivity contribution < 1.29 is 4.74 Å². The molecule has 1 aliphatic rings. The number of rotatable bonds is 2. The van der Waals surface area contributed by atoms with Gasteiger partial charge in [0.2, 0.25) is 0 Å². The highest BCUT2D eigenvalue weighted by Crippen LogP contribution is 2.21. The standard InChI is InChI=1S/C17H17N3O/c1-2-4-17-16(3-1)18-13-20(17)15-7-5-14(6-8-15)19-9-11-21-12-10-19/h1-8,13H,9-12H2. The second kappa shape index (κ2) is 5.22. The van der Waals surface area contributed by atoms with E-state index < -0.39 is 0 Å². The smallest absolute Gasteiger partial charge is 0.100 e. The first-order chi connectivity index (χ1) is 10.4. The molecule has 1 fully saturated rings. The van der Waals surface area contributed by atoms with E-state index in [9.17, 15) is 0 Å². The summed E-state index contributed by atoms with van der Waals surface area (Å²) in [6.45, 7) is 3.56. The summed E-state index contributed by atoms with van der Waals surface area (Å²) in [5.74, 6) is 0. The summed E-state index contributed by atoms with van der Waals surface area (Å²) < 4.78 is 7.52. The molecule has 1 aromatic heterocycles. The summed E-state index contributed by atoms with van der Waals surface area (Å²) in [5, 5.41) is 0. The van der Waals surface area contributed by atoms with Gasteiger partial charge in [-0.1, -0.05) is 12.1 Å². The van der Waals surface area contributed by atoms with E-state index in [1.54, 1.807) is 0 Å². The zero-order valence-corrected chi connectivity index (χ0v) is 11.8. The monoisotopic (exact) mass is 279 g/mol. The van der Waals surface area contributed by atoms with Crippen LogP contribution in [0.4, 0.5) is 5.69 Å². The maximum Gasteiger partial charge on any atom is 0.100 e. The molecule has 4 heteroatoms. The van der Waals surface area contributed by atoms with Crippen LogP contribution in [-0.4, -0.2) is 35.9 Å². The fourth-order valence-electron chi connectivity index (χ4n) is 2.81. The molecule has 21 heavy (non-hydrogen) atoms. The number of morpholine rings is 1. The van der Waals surface area contributed by atoms with Crippen LogP contribution in [0.1, 0.15) is 0 Å². The largest absolute Gasteiger partial charge is 0.378 e. The normalized spacial score (nSPS) is 15.5. The van der Waals surface area contributed by atoms with Crippen LogP contribution >= 0.6 is 0 Å². The van der Waals surface area contributed by atoms with Crippen molar-refractivity contribution in [2.45, 2.75) is 0 Å². The van der Waals surface area contributed by atoms with Crippen molar-refractivity contribution in [1.82, 2.24) is 9.55 Å². The number of ether oxygens (including phenoxy) is 1. The molecule has 2 aromatic carbocycles. The van der Waals surface area contributed by atoms with Gasteiger partial charge < -0.3 is 9.64 Å². The number of benzene rings is 2. The van der Waals surface area contributed by atoms with Gasteiger partial charge in [-0.2, -0.15) is 0 Å². The Bertz CT molecular complexity index is 742. The third-order valence-corrected chi connectivity index (χ3v) is 3.96. The fraction of sp³-hybridized carbons (Fsp3) is 0.235. The van der Waals surface area contributed by atoms with E-state index in [2.05, 4.69) is 44.8 Å². The fourth-order valence-corrected chi connectivity index (χ4v) is 2.81. The Kier molecular flexibility index (Phi) is 3.09. The summed E-state index contributed by atoms with van der Waals surface area (Å²) in [5.41, 5.74) is 4.55. The second-order valence-corrected chi connectivity index (χ2v) is 5.22. The van der Waals surface area contributed by atoms with E-state index in [1.165, 1.54) is 5.69 Å². The third-order valence-electron chi connectivity index (χ3n) is 3.96. The first-order valence-corrected chi connectivity index (χ1v) is 7.27. The average molecular weight is 279 g/mol. The average Bonchev–Trinajstić information content (AvgIpc) is 3.00. The van der Waals surface area contributed by atoms with E-state index in [-0.39, 0.29) is 0 Å². The minimum Gasteiger partial charge on any atom is -0.378 e. The van der Waals surface area contributed by atoms with Crippen molar-refractivity contribution in [1.29, 1.82) is 0 Å². The minimum atomic E-state index is 0.813. The molecule has 0 radical (unpaired) electrons. The Morgan fingerprint density at radius 2 is 1.57 bits per heavy atom. The van der Waals surface area contributed by atoms with Crippen LogP contribution in [0, 0.1) is 0 Å². The number of imidazole rings is 1. The molecule has 0 saturated carbocycles. The highest BCUT2D eigenvalue weighted by molar-refractivity contribution is 5.77. The Morgan fingerprint density at radius 1 is 0.857 bits per heavy atom. The number of nitrogens with zero attached hydrogens (tertiary/aromatic N) is 3. The lowest BCUT2D eigenvalue weighted by atomic mass is 10.2. The molecule has 0 amide bonds. The SMILES string of the molecule is c1ccc2c(c1)ncn2-c1ccc(N2CCOCC2)cc1. The van der Waals surface area contributed by atoms with Crippen molar-refractivity contribution in [3.63, 3.8) is 0 Å². The summed E-state index contributed by atoms with van der Waals surface area (Å²) in [7, 11) is 0. The van der Waals surface area contributed by atoms with Crippen LogP contribution in [0.15, 0.2) is 54.9 Å². The zero-order chi connectivity index (χ0) is 14.1. The first-order valence-electron chi connectivity index (χ1n) is 7.27. The highest BCUT2D eigenvalue weighted by atomic mass is 16.5. The molecule has 0 spiro atoms. The first kappa shape index (κ1) is 12.4. The van der Waals surface area contributed by atoms with Gasteiger partial charge >= 0.3 is 0 Å². The van der Waals surface area contributed by atoms with Gasteiger partial charge in [-0.3, -0.25) is 4.57 Å². The molecule has 0 atom stereocenters. The van der Waals surface area contributed by atoms with E-state index in [1.807, 2.05) is 24.5 Å². The molecule has 0 bridgehead atoms. The maximum absolute atomic E-state index is 5.40. The molecule has 4 rings (SSSR count). The summed E-state index contributed by atoms with van der Waals surface area (Å²) >= 11 is 0. The van der Waals surface area contributed by atoms with Gasteiger partial charge in [0, 0.05) is 24.5 Å². The topological polar surface area (TPSA) is 30.3 Å². The van der Waals surface area contributed by atoms with E-state index in [0.717, 1.165) is 43.0 Å². The predicted molar refractivity (Wildman–Crippen MR) is 84.1 cm³/mol. The molecule has 1 aliphatic heterocycles. The van der Waals surface area contributed by atoms with Gasteiger partial charge in [0.25, 0.3) is 0 Å². The number of hydrogen-bond donors (Lipinski definition) is 0. The van der Waals surface area contributed by atoms with Gasteiger partial charge in [0.05, 0.1) is 24.2 Å². The van der Waals surface area contributed by atoms with E-state index in [0.29, 0.717) is 0 Å². The summed E-state index contributed by atoms with van der Waals surface area (Å²) in [4.78, 5) is 6.80. The Balaban J connectivity index is 1.67. The van der Waals surface area contributed by atoms with Crippen LogP contribution < -0.4 is 4.90 Å². The van der Waals surface area contributed by atoms with Crippen molar-refractivity contribution in [2.75, 3.05) is 31.2 Å². The second-order valence-electron chi connectivity index (χ2n) is 5.22. The summed E-state index contributed by atoms with van der Waals surface area (Å²) in [6.07, 6.45) is 1.88. The van der Waals surface area contributed by atoms with E-state index in [4.69, 9.17) is 4.74 Å². The molecule has 2 heterocycles. The Hall–Kier alpha value is -2.33. The molecule has 106 valence electrons. The van der Waals surface area contributed by atoms with Gasteiger partial charge in [0.15, 0.2) is 0 Å². The number of anilines is 1. The van der Waals surface area contributed by atoms with Gasteiger partial charge in [-0.15, -0.1) is 0 Å². The molecule has 3 aromatic rings. The van der Waals surface area contributed by atoms with Crippen LogP contribution in [0.3, 0.4) is 0 Å². The summed E-state index contributed by atoms with van der Waals surface area (Å²) in [6, 6.07) is 16.8. The Labute approximate surface area is 123 Å². The zero-order valence-electron chi connectivity index (χ0n) is 11.8. The molecule has 0 N–H and O–H groups in total. The lowest BCUT2D eigenvalue weighted by Crippen LogP contribution is -2.36. The molecular weight excluding hydrogens is 262 g/mol. The number of aromatic nitrogens is 2. The predicted octanol–water partition coefficient (Wildman–Crippen LogP) is 2.86. The van der Waals surface area contributed by atoms with Crippen molar-refractivity contribution in [3.8, 4) is 5.69 Å². The number of hydrogen-bond acceptors (Lipinski definition) is 3. The minimum absolute atomic E-state index is 0.813.